The standard InChI is InChI=1S/C27H26ClN5O2S/c28-21-4-2-6-23(18-21)31-27(34)30-22-5-1-3-20(17-22)26-25(19-7-10-29-11-8-19)32-24(36-26)9-12-33-13-15-35-16-14-33/h1-8,10-11,17-18H,9,12-16H2,(H2,30,31,34). The topological polar surface area (TPSA) is 79.4 Å². The Morgan fingerprint density at radius 2 is 1.69 bits per heavy atom. The van der Waals surface area contributed by atoms with Gasteiger partial charge in [-0.1, -0.05) is 29.8 Å². The lowest BCUT2D eigenvalue weighted by Gasteiger charge is -2.25. The molecule has 0 bridgehead atoms. The highest BCUT2D eigenvalue weighted by atomic mass is 35.5. The summed E-state index contributed by atoms with van der Waals surface area (Å²) in [5, 5.41) is 7.38. The first kappa shape index (κ1) is 24.4. The minimum atomic E-state index is -0.334. The van der Waals surface area contributed by atoms with E-state index in [9.17, 15) is 4.79 Å². The van der Waals surface area contributed by atoms with E-state index in [0.29, 0.717) is 16.4 Å². The highest BCUT2D eigenvalue weighted by molar-refractivity contribution is 7.15. The minimum Gasteiger partial charge on any atom is -0.379 e. The summed E-state index contributed by atoms with van der Waals surface area (Å²) >= 11 is 7.72. The van der Waals surface area contributed by atoms with Crippen molar-refractivity contribution in [2.75, 3.05) is 43.5 Å². The second-order valence-corrected chi connectivity index (χ2v) is 9.92. The second-order valence-electron chi connectivity index (χ2n) is 8.40. The molecule has 2 aromatic heterocycles. The van der Waals surface area contributed by atoms with Gasteiger partial charge in [-0.3, -0.25) is 9.88 Å². The molecule has 1 aliphatic rings. The maximum Gasteiger partial charge on any atom is 0.323 e. The van der Waals surface area contributed by atoms with Gasteiger partial charge in [0.2, 0.25) is 0 Å². The van der Waals surface area contributed by atoms with Crippen molar-refractivity contribution in [3.8, 4) is 21.7 Å². The van der Waals surface area contributed by atoms with Gasteiger partial charge in [0.25, 0.3) is 0 Å². The van der Waals surface area contributed by atoms with E-state index in [1.165, 1.54) is 0 Å². The molecular weight excluding hydrogens is 494 g/mol. The van der Waals surface area contributed by atoms with Crippen molar-refractivity contribution in [2.24, 2.45) is 0 Å². The zero-order chi connectivity index (χ0) is 24.7. The number of halogens is 1. The SMILES string of the molecule is O=C(Nc1cccc(Cl)c1)Nc1cccc(-c2sc(CCN3CCOCC3)nc2-c2ccncc2)c1. The fourth-order valence-corrected chi connectivity index (χ4v) is 5.31. The number of carbonyl (C=O) groups is 1. The Kier molecular flexibility index (Phi) is 7.88. The highest BCUT2D eigenvalue weighted by Crippen LogP contribution is 2.38. The number of morpholine rings is 1. The van der Waals surface area contributed by atoms with Crippen LogP contribution < -0.4 is 10.6 Å². The molecule has 7 nitrogen and oxygen atoms in total. The van der Waals surface area contributed by atoms with E-state index in [0.717, 1.165) is 66.0 Å². The Labute approximate surface area is 219 Å². The van der Waals surface area contributed by atoms with Crippen LogP contribution in [0.25, 0.3) is 21.7 Å². The van der Waals surface area contributed by atoms with Gasteiger partial charge in [0.1, 0.15) is 0 Å². The number of ether oxygens (including phenoxy) is 1. The predicted octanol–water partition coefficient (Wildman–Crippen LogP) is 6.04. The Bertz CT molecular complexity index is 1320. The minimum absolute atomic E-state index is 0.334. The van der Waals surface area contributed by atoms with Gasteiger partial charge in [-0.15, -0.1) is 11.3 Å². The second kappa shape index (κ2) is 11.6. The van der Waals surface area contributed by atoms with E-state index in [1.807, 2.05) is 36.4 Å². The van der Waals surface area contributed by atoms with Crippen LogP contribution in [0.1, 0.15) is 5.01 Å². The van der Waals surface area contributed by atoms with Crippen LogP contribution in [0.5, 0.6) is 0 Å². The van der Waals surface area contributed by atoms with E-state index in [-0.39, 0.29) is 6.03 Å². The van der Waals surface area contributed by atoms with Gasteiger partial charge in [0, 0.05) is 60.4 Å². The van der Waals surface area contributed by atoms with Crippen LogP contribution in [-0.2, 0) is 11.2 Å². The number of carbonyl (C=O) groups excluding carboxylic acids is 1. The summed E-state index contributed by atoms with van der Waals surface area (Å²) in [7, 11) is 0. The van der Waals surface area contributed by atoms with Crippen molar-refractivity contribution in [2.45, 2.75) is 6.42 Å². The van der Waals surface area contributed by atoms with Crippen molar-refractivity contribution in [1.29, 1.82) is 0 Å². The van der Waals surface area contributed by atoms with E-state index >= 15 is 0 Å². The summed E-state index contributed by atoms with van der Waals surface area (Å²) in [6, 6.07) is 18.5. The van der Waals surface area contributed by atoms with Gasteiger partial charge in [0.15, 0.2) is 0 Å². The Balaban J connectivity index is 1.37. The monoisotopic (exact) mass is 519 g/mol. The van der Waals surface area contributed by atoms with Gasteiger partial charge in [0.05, 0.1) is 28.8 Å². The summed E-state index contributed by atoms with van der Waals surface area (Å²) in [6.07, 6.45) is 4.44. The predicted molar refractivity (Wildman–Crippen MR) is 146 cm³/mol. The van der Waals surface area contributed by atoms with Gasteiger partial charge < -0.3 is 15.4 Å². The first-order chi connectivity index (χ1) is 17.6. The number of benzene rings is 2. The maximum atomic E-state index is 12.6. The number of hydrogen-bond donors (Lipinski definition) is 2. The summed E-state index contributed by atoms with van der Waals surface area (Å²) in [6.45, 7) is 4.45. The summed E-state index contributed by atoms with van der Waals surface area (Å²) < 4.78 is 5.47. The number of rotatable bonds is 7. The van der Waals surface area contributed by atoms with Crippen molar-refractivity contribution in [3.63, 3.8) is 0 Å². The van der Waals surface area contributed by atoms with Crippen LogP contribution in [0.3, 0.4) is 0 Å². The molecule has 0 spiro atoms. The van der Waals surface area contributed by atoms with Gasteiger partial charge >= 0.3 is 6.03 Å². The molecule has 4 aromatic rings. The lowest BCUT2D eigenvalue weighted by atomic mass is 10.1. The molecule has 5 rings (SSSR count). The summed E-state index contributed by atoms with van der Waals surface area (Å²) in [5.74, 6) is 0. The number of urea groups is 1. The largest absolute Gasteiger partial charge is 0.379 e. The quantitative estimate of drug-likeness (QED) is 0.311. The lowest BCUT2D eigenvalue weighted by Crippen LogP contribution is -2.37. The van der Waals surface area contributed by atoms with Crippen molar-refractivity contribution in [1.82, 2.24) is 14.9 Å². The van der Waals surface area contributed by atoms with Crippen LogP contribution >= 0.6 is 22.9 Å². The molecule has 0 atom stereocenters. The molecule has 0 unspecified atom stereocenters. The number of nitrogens with one attached hydrogen (secondary N) is 2. The lowest BCUT2D eigenvalue weighted by molar-refractivity contribution is 0.0384. The molecule has 3 heterocycles. The Morgan fingerprint density at radius 1 is 0.972 bits per heavy atom. The Hall–Kier alpha value is -3.30. The molecule has 2 N–H and O–H groups in total. The number of anilines is 2. The molecule has 0 saturated carbocycles. The molecule has 0 aliphatic carbocycles. The first-order valence-corrected chi connectivity index (χ1v) is 13.0. The molecule has 1 aliphatic heterocycles. The number of hydrogen-bond acceptors (Lipinski definition) is 6. The molecule has 1 fully saturated rings. The van der Waals surface area contributed by atoms with Crippen LogP contribution in [0, 0.1) is 0 Å². The number of nitrogens with zero attached hydrogens (tertiary/aromatic N) is 3. The maximum absolute atomic E-state index is 12.6. The molecule has 2 amide bonds. The van der Waals surface area contributed by atoms with E-state index in [1.54, 1.807) is 48.0 Å². The zero-order valence-electron chi connectivity index (χ0n) is 19.6. The number of aromatic nitrogens is 2. The smallest absolute Gasteiger partial charge is 0.323 e. The number of pyridine rings is 1. The van der Waals surface area contributed by atoms with Crippen LogP contribution in [0.2, 0.25) is 5.02 Å². The molecule has 9 heteroatoms. The molecule has 2 aromatic carbocycles. The van der Waals surface area contributed by atoms with Crippen molar-refractivity contribution >= 4 is 40.3 Å². The number of thiazole rings is 1. The van der Waals surface area contributed by atoms with Gasteiger partial charge in [-0.05, 0) is 48.0 Å². The molecular formula is C27H26ClN5O2S. The van der Waals surface area contributed by atoms with Crippen LogP contribution in [-0.4, -0.2) is 53.7 Å². The average molecular weight is 520 g/mol. The highest BCUT2D eigenvalue weighted by Gasteiger charge is 2.17. The molecule has 36 heavy (non-hydrogen) atoms. The van der Waals surface area contributed by atoms with Gasteiger partial charge in [-0.2, -0.15) is 0 Å². The van der Waals surface area contributed by atoms with Crippen LogP contribution in [0.4, 0.5) is 16.2 Å². The normalized spacial score (nSPS) is 13.9. The summed E-state index contributed by atoms with van der Waals surface area (Å²) in [4.78, 5) is 25.2. The fourth-order valence-electron chi connectivity index (χ4n) is 4.05. The van der Waals surface area contributed by atoms with E-state index < -0.39 is 0 Å². The average Bonchev–Trinajstić information content (AvgIpc) is 3.33. The first-order valence-electron chi connectivity index (χ1n) is 11.8. The van der Waals surface area contributed by atoms with Crippen LogP contribution in [0.15, 0.2) is 73.1 Å². The van der Waals surface area contributed by atoms with Crippen molar-refractivity contribution in [3.05, 3.63) is 83.1 Å². The third-order valence-electron chi connectivity index (χ3n) is 5.84. The molecule has 184 valence electrons. The summed E-state index contributed by atoms with van der Waals surface area (Å²) in [5.41, 5.74) is 4.27. The third kappa shape index (κ3) is 6.27. The van der Waals surface area contributed by atoms with E-state index in [4.69, 9.17) is 21.3 Å². The zero-order valence-corrected chi connectivity index (χ0v) is 21.2. The molecule has 1 saturated heterocycles. The Morgan fingerprint density at radius 3 is 2.44 bits per heavy atom. The number of amides is 2. The third-order valence-corrected chi connectivity index (χ3v) is 7.24. The molecule has 0 radical (unpaired) electrons. The van der Waals surface area contributed by atoms with E-state index in [2.05, 4.69) is 20.5 Å². The fraction of sp³-hybridized carbons (Fsp3) is 0.222. The van der Waals surface area contributed by atoms with Gasteiger partial charge in [-0.25, -0.2) is 9.78 Å². The van der Waals surface area contributed by atoms with Crippen molar-refractivity contribution < 1.29 is 9.53 Å².